The van der Waals surface area contributed by atoms with Crippen molar-refractivity contribution in [2.75, 3.05) is 19.7 Å². The van der Waals surface area contributed by atoms with Gasteiger partial charge in [-0.25, -0.2) is 0 Å². The van der Waals surface area contributed by atoms with Gasteiger partial charge < -0.3 is 20.5 Å². The molecule has 0 radical (unpaired) electrons. The molecule has 1 aromatic carbocycles. The van der Waals surface area contributed by atoms with Crippen LogP contribution >= 0.6 is 0 Å². The van der Waals surface area contributed by atoms with Gasteiger partial charge in [-0.1, -0.05) is 6.07 Å². The van der Waals surface area contributed by atoms with Crippen molar-refractivity contribution in [3.05, 3.63) is 29.3 Å². The molecule has 0 aromatic heterocycles. The number of phenols is 1. The number of nitrogens with zero attached hydrogens (tertiary/aromatic N) is 1. The molecule has 0 aliphatic carbocycles. The number of rotatable bonds is 2. The third kappa shape index (κ3) is 2.72. The van der Waals surface area contributed by atoms with E-state index in [4.69, 9.17) is 10.5 Å². The summed E-state index contributed by atoms with van der Waals surface area (Å²) in [6.45, 7) is 5.07. The third-order valence-electron chi connectivity index (χ3n) is 3.56. The fourth-order valence-corrected chi connectivity index (χ4v) is 2.25. The number of nitrogens with two attached hydrogens (primary N) is 1. The lowest BCUT2D eigenvalue weighted by Crippen LogP contribution is -2.53. The lowest BCUT2D eigenvalue weighted by Gasteiger charge is -2.38. The van der Waals surface area contributed by atoms with Gasteiger partial charge in [-0.15, -0.1) is 0 Å². The Hall–Kier alpha value is -1.59. The van der Waals surface area contributed by atoms with Gasteiger partial charge in [0.05, 0.1) is 18.8 Å². The van der Waals surface area contributed by atoms with Gasteiger partial charge in [0.2, 0.25) is 0 Å². The van der Waals surface area contributed by atoms with Crippen LogP contribution in [-0.4, -0.2) is 47.8 Å². The SMILES string of the molecule is Cc1c(O)cccc1C(=O)N1CC(CN)OCC1C. The van der Waals surface area contributed by atoms with Gasteiger partial charge in [0.15, 0.2) is 0 Å². The Morgan fingerprint density at radius 3 is 3.00 bits per heavy atom. The van der Waals surface area contributed by atoms with E-state index >= 15 is 0 Å². The first-order valence-electron chi connectivity index (χ1n) is 6.45. The van der Waals surface area contributed by atoms with Gasteiger partial charge in [-0.05, 0) is 26.0 Å². The van der Waals surface area contributed by atoms with Crippen molar-refractivity contribution in [3.63, 3.8) is 0 Å². The number of aromatic hydroxyl groups is 1. The van der Waals surface area contributed by atoms with Crippen molar-refractivity contribution in [2.24, 2.45) is 5.73 Å². The molecule has 1 amide bonds. The fraction of sp³-hybridized carbons (Fsp3) is 0.500. The number of ether oxygens (including phenoxy) is 1. The first-order chi connectivity index (χ1) is 9.04. The maximum atomic E-state index is 12.6. The van der Waals surface area contributed by atoms with Crippen molar-refractivity contribution >= 4 is 5.91 Å². The minimum atomic E-state index is -0.113. The highest BCUT2D eigenvalue weighted by atomic mass is 16.5. The highest BCUT2D eigenvalue weighted by Crippen LogP contribution is 2.23. The predicted octanol–water partition coefficient (Wildman–Crippen LogP) is 0.889. The molecule has 19 heavy (non-hydrogen) atoms. The summed E-state index contributed by atoms with van der Waals surface area (Å²) in [5.41, 5.74) is 6.74. The van der Waals surface area contributed by atoms with Crippen LogP contribution in [0, 0.1) is 6.92 Å². The molecule has 5 heteroatoms. The Labute approximate surface area is 113 Å². The summed E-state index contributed by atoms with van der Waals surface area (Å²) < 4.78 is 5.54. The molecule has 1 aliphatic heterocycles. The number of benzene rings is 1. The van der Waals surface area contributed by atoms with Crippen molar-refractivity contribution in [2.45, 2.75) is 26.0 Å². The zero-order valence-corrected chi connectivity index (χ0v) is 11.3. The number of phenolic OH excluding ortho intramolecular Hbond substituents is 1. The monoisotopic (exact) mass is 264 g/mol. The second-order valence-corrected chi connectivity index (χ2v) is 4.95. The standard InChI is InChI=1S/C14H20N2O3/c1-9-8-19-11(6-15)7-16(9)14(18)12-4-3-5-13(17)10(12)2/h3-5,9,11,17H,6-8,15H2,1-2H3. The van der Waals surface area contributed by atoms with Crippen LogP contribution in [-0.2, 0) is 4.74 Å². The van der Waals surface area contributed by atoms with Crippen LogP contribution in [0.4, 0.5) is 0 Å². The van der Waals surface area contributed by atoms with E-state index in [9.17, 15) is 9.90 Å². The van der Waals surface area contributed by atoms with Crippen LogP contribution in [0.3, 0.4) is 0 Å². The number of carbonyl (C=O) groups is 1. The van der Waals surface area contributed by atoms with E-state index in [1.165, 1.54) is 0 Å². The number of hydrogen-bond donors (Lipinski definition) is 2. The molecular weight excluding hydrogens is 244 g/mol. The van der Waals surface area contributed by atoms with Crippen molar-refractivity contribution in [1.82, 2.24) is 4.90 Å². The molecule has 1 heterocycles. The van der Waals surface area contributed by atoms with Crippen LogP contribution in [0.5, 0.6) is 5.75 Å². The van der Waals surface area contributed by atoms with Gasteiger partial charge in [0, 0.05) is 24.2 Å². The average Bonchev–Trinajstić information content (AvgIpc) is 2.42. The quantitative estimate of drug-likeness (QED) is 0.831. The molecule has 2 atom stereocenters. The van der Waals surface area contributed by atoms with Crippen LogP contribution in [0.25, 0.3) is 0 Å². The molecule has 1 aromatic rings. The minimum absolute atomic E-state index is 0.0112. The molecule has 1 saturated heterocycles. The maximum Gasteiger partial charge on any atom is 0.254 e. The second kappa shape index (κ2) is 5.59. The average molecular weight is 264 g/mol. The first-order valence-corrected chi connectivity index (χ1v) is 6.45. The van der Waals surface area contributed by atoms with Gasteiger partial charge >= 0.3 is 0 Å². The summed E-state index contributed by atoms with van der Waals surface area (Å²) in [6, 6.07) is 5.01. The van der Waals surface area contributed by atoms with Crippen molar-refractivity contribution in [3.8, 4) is 5.75 Å². The molecule has 1 aliphatic rings. The zero-order valence-electron chi connectivity index (χ0n) is 11.3. The Morgan fingerprint density at radius 2 is 2.32 bits per heavy atom. The third-order valence-corrected chi connectivity index (χ3v) is 3.56. The van der Waals surface area contributed by atoms with E-state index in [0.717, 1.165) is 0 Å². The Bertz CT molecular complexity index is 476. The highest BCUT2D eigenvalue weighted by molar-refractivity contribution is 5.96. The molecule has 1 fully saturated rings. The van der Waals surface area contributed by atoms with Crippen LogP contribution in [0.1, 0.15) is 22.8 Å². The molecule has 104 valence electrons. The van der Waals surface area contributed by atoms with E-state index < -0.39 is 0 Å². The molecule has 2 unspecified atom stereocenters. The minimum Gasteiger partial charge on any atom is -0.508 e. The fourth-order valence-electron chi connectivity index (χ4n) is 2.25. The van der Waals surface area contributed by atoms with E-state index in [-0.39, 0.29) is 23.8 Å². The second-order valence-electron chi connectivity index (χ2n) is 4.95. The first kappa shape index (κ1) is 13.8. The highest BCUT2D eigenvalue weighted by Gasteiger charge is 2.30. The van der Waals surface area contributed by atoms with Crippen LogP contribution < -0.4 is 5.73 Å². The van der Waals surface area contributed by atoms with Crippen LogP contribution in [0.2, 0.25) is 0 Å². The molecule has 0 spiro atoms. The lowest BCUT2D eigenvalue weighted by atomic mass is 10.0. The zero-order chi connectivity index (χ0) is 14.0. The number of hydrogen-bond acceptors (Lipinski definition) is 4. The summed E-state index contributed by atoms with van der Waals surface area (Å²) in [6.07, 6.45) is -0.113. The summed E-state index contributed by atoms with van der Waals surface area (Å²) >= 11 is 0. The molecular formula is C14H20N2O3. The van der Waals surface area contributed by atoms with Crippen LogP contribution in [0.15, 0.2) is 18.2 Å². The molecule has 0 bridgehead atoms. The lowest BCUT2D eigenvalue weighted by molar-refractivity contribution is -0.0426. The van der Waals surface area contributed by atoms with Gasteiger partial charge in [0.25, 0.3) is 5.91 Å². The van der Waals surface area contributed by atoms with E-state index in [2.05, 4.69) is 0 Å². The topological polar surface area (TPSA) is 75.8 Å². The number of morpholine rings is 1. The van der Waals surface area contributed by atoms with E-state index in [0.29, 0.717) is 30.8 Å². The molecule has 2 rings (SSSR count). The van der Waals surface area contributed by atoms with Crippen molar-refractivity contribution < 1.29 is 14.6 Å². The number of carbonyl (C=O) groups excluding carboxylic acids is 1. The van der Waals surface area contributed by atoms with Gasteiger partial charge in [0.1, 0.15) is 5.75 Å². The van der Waals surface area contributed by atoms with E-state index in [1.54, 1.807) is 30.0 Å². The van der Waals surface area contributed by atoms with E-state index in [1.807, 2.05) is 6.92 Å². The Balaban J connectivity index is 2.24. The summed E-state index contributed by atoms with van der Waals surface area (Å²) in [7, 11) is 0. The number of amides is 1. The Morgan fingerprint density at radius 1 is 1.58 bits per heavy atom. The summed E-state index contributed by atoms with van der Waals surface area (Å²) in [5.74, 6) is 0.0600. The maximum absolute atomic E-state index is 12.6. The Kier molecular flexibility index (Phi) is 4.07. The molecule has 0 saturated carbocycles. The van der Waals surface area contributed by atoms with Gasteiger partial charge in [-0.3, -0.25) is 4.79 Å². The summed E-state index contributed by atoms with van der Waals surface area (Å²) in [4.78, 5) is 14.3. The predicted molar refractivity (Wildman–Crippen MR) is 72.1 cm³/mol. The molecule has 3 N–H and O–H groups in total. The molecule has 5 nitrogen and oxygen atoms in total. The van der Waals surface area contributed by atoms with Crippen molar-refractivity contribution in [1.29, 1.82) is 0 Å². The smallest absolute Gasteiger partial charge is 0.254 e. The largest absolute Gasteiger partial charge is 0.508 e. The van der Waals surface area contributed by atoms with Gasteiger partial charge in [-0.2, -0.15) is 0 Å². The normalized spacial score (nSPS) is 23.4. The summed E-state index contributed by atoms with van der Waals surface area (Å²) in [5, 5.41) is 9.70.